The molecule has 21 heavy (non-hydrogen) atoms. The smallest absolute Gasteiger partial charge is 0.337 e. The molecular formula is C16H22N2O3. The van der Waals surface area contributed by atoms with Crippen LogP contribution in [0.2, 0.25) is 0 Å². The van der Waals surface area contributed by atoms with E-state index in [9.17, 15) is 14.7 Å². The van der Waals surface area contributed by atoms with Crippen LogP contribution in [0.1, 0.15) is 48.5 Å². The van der Waals surface area contributed by atoms with Crippen molar-refractivity contribution in [1.82, 2.24) is 4.90 Å². The van der Waals surface area contributed by atoms with Gasteiger partial charge >= 0.3 is 12.0 Å². The number of amides is 2. The Morgan fingerprint density at radius 1 is 1.38 bits per heavy atom. The third-order valence-electron chi connectivity index (χ3n) is 4.09. The molecule has 5 nitrogen and oxygen atoms in total. The van der Waals surface area contributed by atoms with Crippen LogP contribution in [0.4, 0.5) is 10.5 Å². The summed E-state index contributed by atoms with van der Waals surface area (Å²) in [4.78, 5) is 25.6. The fourth-order valence-corrected chi connectivity index (χ4v) is 2.88. The molecule has 5 heteroatoms. The van der Waals surface area contributed by atoms with Crippen LogP contribution < -0.4 is 5.32 Å². The van der Waals surface area contributed by atoms with E-state index in [1.54, 1.807) is 19.1 Å². The molecule has 1 aliphatic rings. The lowest BCUT2D eigenvalue weighted by Crippen LogP contribution is -2.45. The number of carboxylic acid groups (broad SMARTS) is 1. The van der Waals surface area contributed by atoms with Crippen LogP contribution in [0, 0.1) is 6.92 Å². The van der Waals surface area contributed by atoms with E-state index in [0.29, 0.717) is 5.69 Å². The van der Waals surface area contributed by atoms with E-state index in [0.717, 1.165) is 37.8 Å². The first kappa shape index (κ1) is 15.4. The predicted octanol–water partition coefficient (Wildman–Crippen LogP) is 3.49. The molecule has 114 valence electrons. The van der Waals surface area contributed by atoms with Gasteiger partial charge in [-0.3, -0.25) is 0 Å². The number of carbonyl (C=O) groups excluding carboxylic acids is 1. The SMILES string of the molecule is CCC1CCCCN1C(=O)Nc1c(C)cccc1C(=O)O. The van der Waals surface area contributed by atoms with E-state index < -0.39 is 5.97 Å². The Morgan fingerprint density at radius 3 is 2.81 bits per heavy atom. The number of urea groups is 1. The molecule has 1 heterocycles. The quantitative estimate of drug-likeness (QED) is 0.895. The number of likely N-dealkylation sites (tertiary alicyclic amines) is 1. The summed E-state index contributed by atoms with van der Waals surface area (Å²) in [5.74, 6) is -1.03. The molecule has 0 bridgehead atoms. The number of piperidine rings is 1. The third kappa shape index (κ3) is 3.35. The number of anilines is 1. The average molecular weight is 290 g/mol. The van der Waals surface area contributed by atoms with Crippen molar-refractivity contribution in [2.45, 2.75) is 45.6 Å². The van der Waals surface area contributed by atoms with Crippen LogP contribution in [0.25, 0.3) is 0 Å². The Morgan fingerprint density at radius 2 is 2.14 bits per heavy atom. The zero-order chi connectivity index (χ0) is 15.4. The van der Waals surface area contributed by atoms with E-state index in [1.807, 2.05) is 4.90 Å². The summed E-state index contributed by atoms with van der Waals surface area (Å²) in [7, 11) is 0. The maximum atomic E-state index is 12.5. The summed E-state index contributed by atoms with van der Waals surface area (Å²) in [6, 6.07) is 5.05. The van der Waals surface area contributed by atoms with Crippen LogP contribution in [0.15, 0.2) is 18.2 Å². The predicted molar refractivity (Wildman–Crippen MR) is 81.8 cm³/mol. The minimum absolute atomic E-state index is 0.133. The van der Waals surface area contributed by atoms with Crippen molar-refractivity contribution in [2.75, 3.05) is 11.9 Å². The van der Waals surface area contributed by atoms with Crippen molar-refractivity contribution < 1.29 is 14.7 Å². The van der Waals surface area contributed by atoms with Gasteiger partial charge in [-0.2, -0.15) is 0 Å². The molecule has 0 aromatic heterocycles. The van der Waals surface area contributed by atoms with Crippen molar-refractivity contribution in [3.63, 3.8) is 0 Å². The highest BCUT2D eigenvalue weighted by Gasteiger charge is 2.26. The van der Waals surface area contributed by atoms with Crippen molar-refractivity contribution in [1.29, 1.82) is 0 Å². The maximum absolute atomic E-state index is 12.5. The first-order chi connectivity index (χ1) is 10.0. The lowest BCUT2D eigenvalue weighted by molar-refractivity contribution is 0.0698. The van der Waals surface area contributed by atoms with Crippen LogP contribution in [0.3, 0.4) is 0 Å². The Kier molecular flexibility index (Phi) is 4.83. The number of nitrogens with one attached hydrogen (secondary N) is 1. The molecule has 1 fully saturated rings. The van der Waals surface area contributed by atoms with Gasteiger partial charge in [0, 0.05) is 12.6 Å². The third-order valence-corrected chi connectivity index (χ3v) is 4.09. The topological polar surface area (TPSA) is 69.6 Å². The van der Waals surface area contributed by atoms with Gasteiger partial charge in [0.15, 0.2) is 0 Å². The highest BCUT2D eigenvalue weighted by atomic mass is 16.4. The van der Waals surface area contributed by atoms with Crippen LogP contribution in [0.5, 0.6) is 0 Å². The zero-order valence-electron chi connectivity index (χ0n) is 12.6. The Hall–Kier alpha value is -2.04. The minimum Gasteiger partial charge on any atom is -0.478 e. The first-order valence-corrected chi connectivity index (χ1v) is 7.45. The summed E-state index contributed by atoms with van der Waals surface area (Å²) in [6.45, 7) is 4.61. The number of carboxylic acids is 1. The van der Waals surface area contributed by atoms with Crippen LogP contribution in [-0.2, 0) is 0 Å². The van der Waals surface area contributed by atoms with E-state index >= 15 is 0 Å². The molecule has 1 atom stereocenters. The van der Waals surface area contributed by atoms with E-state index in [1.165, 1.54) is 6.07 Å². The molecular weight excluding hydrogens is 268 g/mol. The highest BCUT2D eigenvalue weighted by Crippen LogP contribution is 2.24. The minimum atomic E-state index is -1.03. The second-order valence-corrected chi connectivity index (χ2v) is 5.48. The van der Waals surface area contributed by atoms with Gasteiger partial charge in [-0.15, -0.1) is 0 Å². The number of rotatable bonds is 3. The number of carbonyl (C=O) groups is 2. The lowest BCUT2D eigenvalue weighted by Gasteiger charge is -2.35. The summed E-state index contributed by atoms with van der Waals surface area (Å²) >= 11 is 0. The fourth-order valence-electron chi connectivity index (χ4n) is 2.88. The highest BCUT2D eigenvalue weighted by molar-refractivity contribution is 6.01. The summed E-state index contributed by atoms with van der Waals surface area (Å²) < 4.78 is 0. The molecule has 0 saturated carbocycles. The van der Waals surface area contributed by atoms with Gasteiger partial charge in [0.25, 0.3) is 0 Å². The molecule has 0 aliphatic carbocycles. The molecule has 1 aromatic carbocycles. The van der Waals surface area contributed by atoms with Gasteiger partial charge in [0.1, 0.15) is 0 Å². The van der Waals surface area contributed by atoms with E-state index in [-0.39, 0.29) is 17.6 Å². The molecule has 0 radical (unpaired) electrons. The Labute approximate surface area is 125 Å². The summed E-state index contributed by atoms with van der Waals surface area (Å²) in [6.07, 6.45) is 4.09. The summed E-state index contributed by atoms with van der Waals surface area (Å²) in [5.41, 5.74) is 1.29. The van der Waals surface area contributed by atoms with Gasteiger partial charge in [-0.1, -0.05) is 19.1 Å². The number of aryl methyl sites for hydroxylation is 1. The molecule has 1 saturated heterocycles. The number of nitrogens with zero attached hydrogens (tertiary/aromatic N) is 1. The van der Waals surface area contributed by atoms with Crippen molar-refractivity contribution >= 4 is 17.7 Å². The van der Waals surface area contributed by atoms with Gasteiger partial charge in [0.05, 0.1) is 11.3 Å². The molecule has 2 N–H and O–H groups in total. The fraction of sp³-hybridized carbons (Fsp3) is 0.500. The van der Waals surface area contributed by atoms with Gasteiger partial charge in [-0.25, -0.2) is 9.59 Å². The molecule has 2 amide bonds. The average Bonchev–Trinajstić information content (AvgIpc) is 2.48. The van der Waals surface area contributed by atoms with Crippen molar-refractivity contribution in [3.05, 3.63) is 29.3 Å². The zero-order valence-corrected chi connectivity index (χ0v) is 12.6. The molecule has 1 aliphatic heterocycles. The molecule has 1 unspecified atom stereocenters. The van der Waals surface area contributed by atoms with Crippen molar-refractivity contribution in [3.8, 4) is 0 Å². The summed E-state index contributed by atoms with van der Waals surface area (Å²) in [5, 5.41) is 12.0. The largest absolute Gasteiger partial charge is 0.478 e. The van der Waals surface area contributed by atoms with Gasteiger partial charge < -0.3 is 15.3 Å². The van der Waals surface area contributed by atoms with Crippen LogP contribution >= 0.6 is 0 Å². The number of benzene rings is 1. The Balaban J connectivity index is 2.21. The molecule has 1 aromatic rings. The number of hydrogen-bond donors (Lipinski definition) is 2. The molecule has 2 rings (SSSR count). The van der Waals surface area contributed by atoms with E-state index in [4.69, 9.17) is 0 Å². The number of aromatic carboxylic acids is 1. The second kappa shape index (κ2) is 6.61. The second-order valence-electron chi connectivity index (χ2n) is 5.48. The Bertz CT molecular complexity index is 542. The molecule has 0 spiro atoms. The van der Waals surface area contributed by atoms with Crippen LogP contribution in [-0.4, -0.2) is 34.6 Å². The number of hydrogen-bond acceptors (Lipinski definition) is 2. The number of para-hydroxylation sites is 1. The van der Waals surface area contributed by atoms with E-state index in [2.05, 4.69) is 12.2 Å². The maximum Gasteiger partial charge on any atom is 0.337 e. The van der Waals surface area contributed by atoms with Gasteiger partial charge in [0.2, 0.25) is 0 Å². The lowest BCUT2D eigenvalue weighted by atomic mass is 10.0. The first-order valence-electron chi connectivity index (χ1n) is 7.45. The standard InChI is InChI=1S/C16H22N2O3/c1-3-12-8-4-5-10-18(12)16(21)17-14-11(2)7-6-9-13(14)15(19)20/h6-7,9,12H,3-5,8,10H2,1-2H3,(H,17,21)(H,19,20). The normalized spacial score (nSPS) is 18.4. The van der Waals surface area contributed by atoms with Crippen molar-refractivity contribution in [2.24, 2.45) is 0 Å². The van der Waals surface area contributed by atoms with Gasteiger partial charge in [-0.05, 0) is 44.2 Å². The monoisotopic (exact) mass is 290 g/mol.